The van der Waals surface area contributed by atoms with Gasteiger partial charge in [-0.1, -0.05) is 0 Å². The van der Waals surface area contributed by atoms with Crippen molar-refractivity contribution in [1.82, 2.24) is 14.8 Å². The van der Waals surface area contributed by atoms with Crippen LogP contribution in [0.15, 0.2) is 41.6 Å². The van der Waals surface area contributed by atoms with Crippen molar-refractivity contribution in [2.75, 3.05) is 42.5 Å². The second-order valence-electron chi connectivity index (χ2n) is 8.34. The molecule has 0 spiro atoms. The van der Waals surface area contributed by atoms with Crippen molar-refractivity contribution in [3.8, 4) is 0 Å². The summed E-state index contributed by atoms with van der Waals surface area (Å²) in [5.74, 6) is -3.25. The predicted octanol–water partition coefficient (Wildman–Crippen LogP) is 2.31. The normalized spacial score (nSPS) is 19.3. The number of carbonyl (C=O) groups excluding carboxylic acids is 2. The predicted molar refractivity (Wildman–Crippen MR) is 123 cm³/mol. The van der Waals surface area contributed by atoms with Crippen LogP contribution in [0.4, 0.5) is 33.7 Å². The number of Topliss-reactive ketones (excluding diaryl/α,β-unsaturated/α-hetero) is 1. The van der Waals surface area contributed by atoms with Crippen LogP contribution in [0.1, 0.15) is 12.8 Å². The van der Waals surface area contributed by atoms with Gasteiger partial charge in [-0.3, -0.25) is 14.7 Å². The van der Waals surface area contributed by atoms with E-state index in [0.29, 0.717) is 0 Å². The Kier molecular flexibility index (Phi) is 7.94. The lowest BCUT2D eigenvalue weighted by Gasteiger charge is -2.25. The Morgan fingerprint density at radius 3 is 2.46 bits per heavy atom. The highest BCUT2D eigenvalue weighted by atomic mass is 32.2. The van der Waals surface area contributed by atoms with Crippen molar-refractivity contribution >= 4 is 33.3 Å². The lowest BCUT2D eigenvalue weighted by atomic mass is 10.1. The van der Waals surface area contributed by atoms with Gasteiger partial charge in [0.15, 0.2) is 17.4 Å². The maximum Gasteiger partial charge on any atom is 0.414 e. The Hall–Kier alpha value is -3.30. The molecule has 0 radical (unpaired) electrons. The van der Waals surface area contributed by atoms with E-state index in [0.717, 1.165) is 21.4 Å². The van der Waals surface area contributed by atoms with Gasteiger partial charge in [-0.05, 0) is 18.6 Å². The van der Waals surface area contributed by atoms with Gasteiger partial charge in [0.25, 0.3) is 16.4 Å². The lowest BCUT2D eigenvalue weighted by molar-refractivity contribution is -0.129. The summed E-state index contributed by atoms with van der Waals surface area (Å²) in [7, 11) is -3.91. The number of hydrazine groups is 1. The van der Waals surface area contributed by atoms with E-state index in [4.69, 9.17) is 4.74 Å². The molecule has 1 N–H and O–H groups in total. The average molecular weight is 546 g/mol. The van der Waals surface area contributed by atoms with Gasteiger partial charge in [-0.25, -0.2) is 36.2 Å². The van der Waals surface area contributed by atoms with Gasteiger partial charge in [0.1, 0.15) is 11.8 Å². The first-order valence-electron chi connectivity index (χ1n) is 11.3. The molecule has 10 nitrogen and oxygen atoms in total. The van der Waals surface area contributed by atoms with Crippen LogP contribution in [-0.2, 0) is 19.6 Å². The molecule has 2 aliphatic heterocycles. The van der Waals surface area contributed by atoms with E-state index >= 15 is 8.78 Å². The molecule has 37 heavy (non-hydrogen) atoms. The van der Waals surface area contributed by atoms with Crippen LogP contribution in [0.25, 0.3) is 0 Å². The molecule has 0 saturated carbocycles. The van der Waals surface area contributed by atoms with Gasteiger partial charge < -0.3 is 9.64 Å². The van der Waals surface area contributed by atoms with Crippen molar-refractivity contribution in [2.24, 2.45) is 0 Å². The topological polar surface area (TPSA) is 112 Å². The van der Waals surface area contributed by atoms with Crippen LogP contribution in [0, 0.1) is 11.6 Å². The van der Waals surface area contributed by atoms with E-state index in [2.05, 4.69) is 10.4 Å². The van der Waals surface area contributed by atoms with Gasteiger partial charge in [0, 0.05) is 57.1 Å². The maximum absolute atomic E-state index is 15.1. The van der Waals surface area contributed by atoms with E-state index < -0.39 is 52.5 Å². The fourth-order valence-corrected chi connectivity index (χ4v) is 5.39. The van der Waals surface area contributed by atoms with E-state index in [1.54, 1.807) is 0 Å². The van der Waals surface area contributed by atoms with Crippen LogP contribution in [0.3, 0.4) is 0 Å². The van der Waals surface area contributed by atoms with Gasteiger partial charge in [-0.15, -0.1) is 4.41 Å². The van der Waals surface area contributed by atoms with Crippen LogP contribution < -0.4 is 15.2 Å². The summed E-state index contributed by atoms with van der Waals surface area (Å²) in [6.07, 6.45) is -2.89. The molecule has 0 bridgehead atoms. The first-order chi connectivity index (χ1) is 17.6. The number of carbonyl (C=O) groups is 2. The number of alkyl halides is 2. The van der Waals surface area contributed by atoms with Gasteiger partial charge in [-0.2, -0.15) is 0 Å². The Labute approximate surface area is 209 Å². The molecule has 1 atom stereocenters. The minimum Gasteiger partial charge on any atom is -0.444 e. The van der Waals surface area contributed by atoms with Gasteiger partial charge in [0.2, 0.25) is 0 Å². The smallest absolute Gasteiger partial charge is 0.414 e. The fraction of sp³-hybridized carbons (Fsp3) is 0.409. The zero-order chi connectivity index (χ0) is 26.7. The molecule has 1 amide bonds. The number of halogens is 4. The molecule has 4 rings (SSSR count). The summed E-state index contributed by atoms with van der Waals surface area (Å²) in [5.41, 5.74) is 2.22. The highest BCUT2D eigenvalue weighted by molar-refractivity contribution is 7.89. The van der Waals surface area contributed by atoms with Crippen molar-refractivity contribution in [3.05, 3.63) is 48.3 Å². The molecule has 2 aromatic rings. The van der Waals surface area contributed by atoms with E-state index in [-0.39, 0.29) is 55.4 Å². The zero-order valence-corrected chi connectivity index (χ0v) is 20.1. The van der Waals surface area contributed by atoms with Crippen LogP contribution >= 0.6 is 0 Å². The molecule has 15 heteroatoms. The number of nitrogens with zero attached hydrogens (tertiary/aromatic N) is 4. The molecule has 1 aromatic heterocycles. The minimum absolute atomic E-state index is 0.0135. The number of sulfonamides is 1. The van der Waals surface area contributed by atoms with Gasteiger partial charge in [0.05, 0.1) is 17.1 Å². The largest absolute Gasteiger partial charge is 0.444 e. The summed E-state index contributed by atoms with van der Waals surface area (Å²) in [6.45, 7) is -0.147. The minimum atomic E-state index is -3.91. The van der Waals surface area contributed by atoms with Crippen LogP contribution in [0.5, 0.6) is 0 Å². The number of amides is 1. The number of pyridine rings is 1. The Morgan fingerprint density at radius 2 is 1.81 bits per heavy atom. The van der Waals surface area contributed by atoms with Crippen molar-refractivity contribution < 1.29 is 40.3 Å². The number of rotatable bonds is 8. The van der Waals surface area contributed by atoms with Crippen molar-refractivity contribution in [2.45, 2.75) is 30.3 Å². The maximum atomic E-state index is 15.1. The highest BCUT2D eigenvalue weighted by Gasteiger charge is 2.35. The molecule has 2 fully saturated rings. The molecule has 0 aliphatic carbocycles. The zero-order valence-electron chi connectivity index (χ0n) is 19.3. The monoisotopic (exact) mass is 545 g/mol. The first kappa shape index (κ1) is 26.8. The SMILES string of the molecule is O=C(CC[C@H]1CN(c2cc(F)c(N3CCNN(S(=O)(=O)c4ccncc4)CC3)c(F)c2)C(=O)O1)C(F)F. The highest BCUT2D eigenvalue weighted by Crippen LogP contribution is 2.32. The van der Waals surface area contributed by atoms with Crippen LogP contribution in [0.2, 0.25) is 0 Å². The number of aromatic nitrogens is 1. The lowest BCUT2D eigenvalue weighted by Crippen LogP contribution is -2.43. The number of benzene rings is 1. The molecular weight excluding hydrogens is 522 g/mol. The number of cyclic esters (lactones) is 1. The molecular formula is C22H23F4N5O5S. The molecule has 2 saturated heterocycles. The second-order valence-corrected chi connectivity index (χ2v) is 10.2. The number of hydrogen-bond donors (Lipinski definition) is 1. The van der Waals surface area contributed by atoms with Crippen LogP contribution in [-0.4, -0.2) is 74.9 Å². The third-order valence-electron chi connectivity index (χ3n) is 5.94. The second kappa shape index (κ2) is 11.0. The number of anilines is 2. The Balaban J connectivity index is 1.45. The number of ketones is 1. The van der Waals surface area contributed by atoms with E-state index in [1.165, 1.54) is 29.4 Å². The summed E-state index contributed by atoms with van der Waals surface area (Å²) in [4.78, 5) is 29.5. The summed E-state index contributed by atoms with van der Waals surface area (Å²) < 4.78 is 86.7. The van der Waals surface area contributed by atoms with Crippen molar-refractivity contribution in [3.63, 3.8) is 0 Å². The number of nitrogens with one attached hydrogen (secondary N) is 1. The Morgan fingerprint density at radius 1 is 1.14 bits per heavy atom. The summed E-state index contributed by atoms with van der Waals surface area (Å²) in [6, 6.07) is 4.55. The standard InChI is InChI=1S/C22H23F4N5O5S/c23-17-11-14(30-13-15(36-22(30)33)1-2-19(32)21(25)26)12-18(24)20(17)29-8-7-28-31(10-9-29)37(34,35)16-3-5-27-6-4-16/h3-6,11-12,15,21,28H,1-2,7-10,13H2/t15-/m0/s1. The van der Waals surface area contributed by atoms with E-state index in [9.17, 15) is 26.8 Å². The fourth-order valence-electron chi connectivity index (χ4n) is 4.08. The average Bonchev–Trinajstić information content (AvgIpc) is 3.06. The molecule has 1 aromatic carbocycles. The Bertz CT molecular complexity index is 1240. The van der Waals surface area contributed by atoms with Gasteiger partial charge >= 0.3 is 6.09 Å². The summed E-state index contributed by atoms with van der Waals surface area (Å²) in [5, 5.41) is 0. The summed E-state index contributed by atoms with van der Waals surface area (Å²) >= 11 is 0. The van der Waals surface area contributed by atoms with E-state index in [1.807, 2.05) is 0 Å². The molecule has 0 unspecified atom stereocenters. The quantitative estimate of drug-likeness (QED) is 0.503. The third-order valence-corrected chi connectivity index (χ3v) is 7.70. The first-order valence-corrected chi connectivity index (χ1v) is 12.7. The molecule has 3 heterocycles. The molecule has 2 aliphatic rings. The number of hydrogen-bond acceptors (Lipinski definition) is 8. The molecule has 200 valence electrons. The third kappa shape index (κ3) is 5.83. The van der Waals surface area contributed by atoms with Crippen molar-refractivity contribution in [1.29, 1.82) is 0 Å². The number of ether oxygens (including phenoxy) is 1.